The van der Waals surface area contributed by atoms with Crippen molar-refractivity contribution in [2.75, 3.05) is 5.32 Å². The molecule has 0 fully saturated rings. The summed E-state index contributed by atoms with van der Waals surface area (Å²) in [6.07, 6.45) is 1.42. The molecule has 112 valence electrons. The van der Waals surface area contributed by atoms with Crippen molar-refractivity contribution < 1.29 is 9.72 Å². The van der Waals surface area contributed by atoms with Gasteiger partial charge in [-0.3, -0.25) is 4.79 Å². The van der Waals surface area contributed by atoms with Gasteiger partial charge in [0.25, 0.3) is 5.91 Å². The number of carbonyl (C=O) groups excluding carboxylic acids is 1. The molecule has 0 aliphatic carbocycles. The molecule has 0 radical (unpaired) electrons. The minimum Gasteiger partial charge on any atom is -0.358 e. The summed E-state index contributed by atoms with van der Waals surface area (Å²) in [6.45, 7) is 1.40. The van der Waals surface area contributed by atoms with Gasteiger partial charge in [0, 0.05) is 12.6 Å². The predicted molar refractivity (Wildman–Crippen MR) is 78.0 cm³/mol. The highest BCUT2D eigenvalue weighted by Gasteiger charge is 2.20. The van der Waals surface area contributed by atoms with E-state index in [0.717, 1.165) is 11.8 Å². The first-order chi connectivity index (χ1) is 10.5. The minimum atomic E-state index is -0.579. The second kappa shape index (κ2) is 6.49. The Balaban J connectivity index is 2.06. The van der Waals surface area contributed by atoms with Crippen LogP contribution in [0.4, 0.5) is 11.5 Å². The van der Waals surface area contributed by atoms with Crippen LogP contribution in [0.25, 0.3) is 0 Å². The van der Waals surface area contributed by atoms with Gasteiger partial charge in [0.05, 0.1) is 12.5 Å². The number of anilines is 1. The molecule has 1 N–H and O–H groups in total. The molecule has 1 aromatic heterocycles. The Kier molecular flexibility index (Phi) is 4.48. The molecule has 8 heteroatoms. The number of carbonyl (C=O) groups is 1. The molecule has 1 amide bonds. The number of aromatic nitrogens is 2. The summed E-state index contributed by atoms with van der Waals surface area (Å²) in [5.41, 5.74) is 1.41. The van der Waals surface area contributed by atoms with Crippen molar-refractivity contribution in [1.82, 2.24) is 9.55 Å². The molecule has 22 heavy (non-hydrogen) atoms. The van der Waals surface area contributed by atoms with E-state index in [1.165, 1.54) is 4.57 Å². The minimum absolute atomic E-state index is 0.192. The largest absolute Gasteiger partial charge is 0.358 e. The number of amides is 1. The van der Waals surface area contributed by atoms with Crippen LogP contribution < -0.4 is 5.32 Å². The Morgan fingerprint density at radius 2 is 2.14 bits per heavy atom. The third kappa shape index (κ3) is 3.46. The van der Waals surface area contributed by atoms with Gasteiger partial charge in [-0.2, -0.15) is 5.26 Å². The van der Waals surface area contributed by atoms with Crippen molar-refractivity contribution in [3.63, 3.8) is 0 Å². The Hall–Kier alpha value is -3.21. The average molecular weight is 299 g/mol. The summed E-state index contributed by atoms with van der Waals surface area (Å²) in [5, 5.41) is 22.1. The van der Waals surface area contributed by atoms with E-state index in [-0.39, 0.29) is 12.4 Å². The maximum absolute atomic E-state index is 12.0. The SMILES string of the molecule is Cc1ncc([N+](=O)[O-])n1CC(=O)Nc1ccc(CC#N)cc1. The molecule has 0 atom stereocenters. The van der Waals surface area contributed by atoms with E-state index in [9.17, 15) is 14.9 Å². The van der Waals surface area contributed by atoms with Crippen LogP contribution in [-0.2, 0) is 17.8 Å². The molecular weight excluding hydrogens is 286 g/mol. The summed E-state index contributed by atoms with van der Waals surface area (Å²) in [5.74, 6) is -0.222. The van der Waals surface area contributed by atoms with Gasteiger partial charge in [0.1, 0.15) is 6.20 Å². The van der Waals surface area contributed by atoms with Crippen LogP contribution in [0.15, 0.2) is 30.5 Å². The summed E-state index contributed by atoms with van der Waals surface area (Å²) in [7, 11) is 0. The van der Waals surface area contributed by atoms with Crippen LogP contribution in [0.5, 0.6) is 0 Å². The van der Waals surface area contributed by atoms with Gasteiger partial charge >= 0.3 is 5.82 Å². The molecule has 0 bridgehead atoms. The molecule has 2 aromatic rings. The molecule has 8 nitrogen and oxygen atoms in total. The standard InChI is InChI=1S/C14H13N5O3/c1-10-16-8-14(19(21)22)18(10)9-13(20)17-12-4-2-11(3-5-12)6-7-15/h2-5,8H,6,9H2,1H3,(H,17,20). The summed E-state index contributed by atoms with van der Waals surface area (Å²) in [6, 6.07) is 8.88. The van der Waals surface area contributed by atoms with Crippen LogP contribution in [0.3, 0.4) is 0 Å². The molecule has 1 aromatic carbocycles. The number of nitrogens with one attached hydrogen (secondary N) is 1. The summed E-state index contributed by atoms with van der Waals surface area (Å²) >= 11 is 0. The fourth-order valence-electron chi connectivity index (χ4n) is 1.94. The van der Waals surface area contributed by atoms with Crippen LogP contribution in [0.2, 0.25) is 0 Å². The smallest absolute Gasteiger partial charge is 0.343 e. The number of imidazole rings is 1. The van der Waals surface area contributed by atoms with E-state index in [0.29, 0.717) is 17.9 Å². The Morgan fingerprint density at radius 3 is 2.73 bits per heavy atom. The molecule has 0 unspecified atom stereocenters. The maximum atomic E-state index is 12.0. The lowest BCUT2D eigenvalue weighted by atomic mass is 10.1. The zero-order valence-electron chi connectivity index (χ0n) is 11.8. The second-order valence-electron chi connectivity index (χ2n) is 4.59. The topological polar surface area (TPSA) is 114 Å². The average Bonchev–Trinajstić information content (AvgIpc) is 2.83. The van der Waals surface area contributed by atoms with Crippen LogP contribution >= 0.6 is 0 Å². The highest BCUT2D eigenvalue weighted by Crippen LogP contribution is 2.14. The number of rotatable bonds is 5. The molecule has 0 saturated carbocycles. The summed E-state index contributed by atoms with van der Waals surface area (Å²) in [4.78, 5) is 26.1. The second-order valence-corrected chi connectivity index (χ2v) is 4.59. The van der Waals surface area contributed by atoms with E-state index < -0.39 is 10.8 Å². The fraction of sp³-hybridized carbons (Fsp3) is 0.214. The zero-order valence-corrected chi connectivity index (χ0v) is 11.8. The van der Waals surface area contributed by atoms with Gasteiger partial charge in [-0.05, 0) is 22.6 Å². The lowest BCUT2D eigenvalue weighted by Crippen LogP contribution is -2.20. The Morgan fingerprint density at radius 1 is 1.45 bits per heavy atom. The number of nitrogens with zero attached hydrogens (tertiary/aromatic N) is 4. The quantitative estimate of drug-likeness (QED) is 0.668. The highest BCUT2D eigenvalue weighted by atomic mass is 16.6. The number of nitriles is 1. The normalized spacial score (nSPS) is 10.0. The van der Waals surface area contributed by atoms with Crippen LogP contribution in [0, 0.1) is 28.4 Å². The lowest BCUT2D eigenvalue weighted by molar-refractivity contribution is -0.392. The van der Waals surface area contributed by atoms with Gasteiger partial charge in [0.2, 0.25) is 0 Å². The van der Waals surface area contributed by atoms with Gasteiger partial charge in [-0.1, -0.05) is 12.1 Å². The number of nitro groups is 1. The molecule has 0 saturated heterocycles. The van der Waals surface area contributed by atoms with Crippen molar-refractivity contribution in [1.29, 1.82) is 5.26 Å². The van der Waals surface area contributed by atoms with Crippen molar-refractivity contribution in [3.8, 4) is 6.07 Å². The van der Waals surface area contributed by atoms with E-state index in [1.54, 1.807) is 31.2 Å². The van der Waals surface area contributed by atoms with Gasteiger partial charge in [0.15, 0.2) is 12.4 Å². The van der Waals surface area contributed by atoms with Crippen molar-refractivity contribution in [2.45, 2.75) is 19.9 Å². The van der Waals surface area contributed by atoms with E-state index in [1.807, 2.05) is 6.07 Å². The molecular formula is C14H13N5O3. The van der Waals surface area contributed by atoms with Crippen LogP contribution in [0.1, 0.15) is 11.4 Å². The molecule has 0 aliphatic heterocycles. The number of hydrogen-bond acceptors (Lipinski definition) is 5. The van der Waals surface area contributed by atoms with Crippen molar-refractivity contribution >= 4 is 17.4 Å². The number of aryl methyl sites for hydroxylation is 1. The van der Waals surface area contributed by atoms with E-state index in [4.69, 9.17) is 5.26 Å². The van der Waals surface area contributed by atoms with Crippen molar-refractivity contribution in [2.24, 2.45) is 0 Å². The first-order valence-corrected chi connectivity index (χ1v) is 6.43. The molecule has 1 heterocycles. The van der Waals surface area contributed by atoms with E-state index in [2.05, 4.69) is 10.3 Å². The van der Waals surface area contributed by atoms with Gasteiger partial charge in [-0.25, -0.2) is 9.55 Å². The first kappa shape index (κ1) is 15.2. The zero-order chi connectivity index (χ0) is 16.1. The van der Waals surface area contributed by atoms with Gasteiger partial charge < -0.3 is 15.4 Å². The molecule has 0 aliphatic rings. The van der Waals surface area contributed by atoms with Crippen molar-refractivity contribution in [3.05, 3.63) is 52.0 Å². The lowest BCUT2D eigenvalue weighted by Gasteiger charge is -2.06. The fourth-order valence-corrected chi connectivity index (χ4v) is 1.94. The van der Waals surface area contributed by atoms with E-state index >= 15 is 0 Å². The first-order valence-electron chi connectivity index (χ1n) is 6.43. The molecule has 2 rings (SSSR count). The highest BCUT2D eigenvalue weighted by molar-refractivity contribution is 5.90. The third-order valence-electron chi connectivity index (χ3n) is 3.04. The Labute approximate surface area is 126 Å². The maximum Gasteiger partial charge on any atom is 0.343 e. The number of hydrogen-bond donors (Lipinski definition) is 1. The van der Waals surface area contributed by atoms with Crippen LogP contribution in [-0.4, -0.2) is 20.4 Å². The third-order valence-corrected chi connectivity index (χ3v) is 3.04. The number of benzene rings is 1. The van der Waals surface area contributed by atoms with Gasteiger partial charge in [-0.15, -0.1) is 0 Å². The monoisotopic (exact) mass is 299 g/mol. The predicted octanol–water partition coefficient (Wildman–Crippen LogP) is 1.80. The Bertz CT molecular complexity index is 743. The molecule has 0 spiro atoms. The summed E-state index contributed by atoms with van der Waals surface area (Å²) < 4.78 is 1.24.